The van der Waals surface area contributed by atoms with Gasteiger partial charge in [0.2, 0.25) is 0 Å². The fraction of sp³-hybridized carbons (Fsp3) is 0.727. The summed E-state index contributed by atoms with van der Waals surface area (Å²) in [7, 11) is 0. The second-order valence-electron chi connectivity index (χ2n) is 3.67. The average Bonchev–Trinajstić information content (AvgIpc) is 2.23. The van der Waals surface area contributed by atoms with Crippen molar-refractivity contribution in [2.75, 3.05) is 6.61 Å². The summed E-state index contributed by atoms with van der Waals surface area (Å²) in [4.78, 5) is 31.4. The van der Waals surface area contributed by atoms with E-state index in [9.17, 15) is 14.4 Å². The molecule has 0 atom stereocenters. The van der Waals surface area contributed by atoms with E-state index in [-0.39, 0.29) is 31.8 Å². The molecule has 2 N–H and O–H groups in total. The van der Waals surface area contributed by atoms with E-state index in [0.29, 0.717) is 25.7 Å². The van der Waals surface area contributed by atoms with Crippen LogP contribution in [0.25, 0.3) is 0 Å². The summed E-state index contributed by atoms with van der Waals surface area (Å²) in [6.45, 7) is 0.227. The minimum absolute atomic E-state index is 0.0614. The average molecular weight is 246 g/mol. The van der Waals surface area contributed by atoms with Gasteiger partial charge in [0, 0.05) is 19.3 Å². The summed E-state index contributed by atoms with van der Waals surface area (Å²) in [5.74, 6) is -2.08. The van der Waals surface area contributed by atoms with Gasteiger partial charge < -0.3 is 14.9 Å². The lowest BCUT2D eigenvalue weighted by Crippen LogP contribution is -2.06. The van der Waals surface area contributed by atoms with Gasteiger partial charge in [-0.2, -0.15) is 0 Å². The summed E-state index contributed by atoms with van der Waals surface area (Å²) in [6.07, 6.45) is 2.34. The van der Waals surface area contributed by atoms with Gasteiger partial charge in [-0.1, -0.05) is 0 Å². The highest BCUT2D eigenvalue weighted by atomic mass is 16.5. The zero-order valence-electron chi connectivity index (χ0n) is 9.68. The van der Waals surface area contributed by atoms with Gasteiger partial charge in [-0.05, 0) is 25.7 Å². The lowest BCUT2D eigenvalue weighted by molar-refractivity contribution is -0.144. The molecule has 0 fully saturated rings. The Kier molecular flexibility index (Phi) is 8.72. The number of carboxylic acid groups (broad SMARTS) is 2. The van der Waals surface area contributed by atoms with Crippen LogP contribution in [0, 0.1) is 0 Å². The molecule has 0 spiro atoms. The van der Waals surface area contributed by atoms with Crippen LogP contribution in [0.15, 0.2) is 0 Å². The molecule has 0 saturated carbocycles. The zero-order chi connectivity index (χ0) is 13.1. The van der Waals surface area contributed by atoms with Crippen LogP contribution in [0.5, 0.6) is 0 Å². The van der Waals surface area contributed by atoms with Crippen LogP contribution in [-0.4, -0.2) is 34.7 Å². The van der Waals surface area contributed by atoms with E-state index < -0.39 is 11.9 Å². The minimum atomic E-state index is -0.868. The van der Waals surface area contributed by atoms with Crippen molar-refractivity contribution in [3.8, 4) is 0 Å². The molecule has 0 heterocycles. The monoisotopic (exact) mass is 246 g/mol. The van der Waals surface area contributed by atoms with E-state index in [2.05, 4.69) is 0 Å². The Morgan fingerprint density at radius 2 is 1.24 bits per heavy atom. The lowest BCUT2D eigenvalue weighted by atomic mass is 10.2. The number of carbonyl (C=O) groups is 3. The number of hydrogen-bond acceptors (Lipinski definition) is 4. The predicted octanol–water partition coefficient (Wildman–Crippen LogP) is 1.43. The van der Waals surface area contributed by atoms with E-state index >= 15 is 0 Å². The Balaban J connectivity index is 3.29. The highest BCUT2D eigenvalue weighted by Crippen LogP contribution is 2.02. The molecule has 6 heteroatoms. The van der Waals surface area contributed by atoms with Gasteiger partial charge in [0.05, 0.1) is 6.61 Å². The van der Waals surface area contributed by atoms with Crippen molar-refractivity contribution >= 4 is 17.9 Å². The Morgan fingerprint density at radius 3 is 1.76 bits per heavy atom. The first-order chi connectivity index (χ1) is 8.02. The van der Waals surface area contributed by atoms with Crippen LogP contribution in [-0.2, 0) is 19.1 Å². The second-order valence-corrected chi connectivity index (χ2v) is 3.67. The lowest BCUT2D eigenvalue weighted by Gasteiger charge is -2.03. The van der Waals surface area contributed by atoms with Gasteiger partial charge in [0.1, 0.15) is 0 Å². The molecule has 0 amide bonds. The molecule has 0 saturated heterocycles. The molecule has 0 aromatic rings. The first kappa shape index (κ1) is 15.4. The molecule has 6 nitrogen and oxygen atoms in total. The summed E-state index contributed by atoms with van der Waals surface area (Å²) in [5, 5.41) is 16.7. The largest absolute Gasteiger partial charge is 0.481 e. The van der Waals surface area contributed by atoms with Gasteiger partial charge in [-0.15, -0.1) is 0 Å². The molecule has 0 aliphatic rings. The van der Waals surface area contributed by atoms with Crippen LogP contribution >= 0.6 is 0 Å². The van der Waals surface area contributed by atoms with Gasteiger partial charge in [-0.25, -0.2) is 0 Å². The third kappa shape index (κ3) is 12.3. The van der Waals surface area contributed by atoms with Crippen LogP contribution in [0.4, 0.5) is 0 Å². The molecular formula is C11H18O6. The molecule has 0 aromatic heterocycles. The summed E-state index contributed by atoms with van der Waals surface area (Å²) in [6, 6.07) is 0. The van der Waals surface area contributed by atoms with Crippen LogP contribution in [0.2, 0.25) is 0 Å². The van der Waals surface area contributed by atoms with Crippen molar-refractivity contribution in [3.05, 3.63) is 0 Å². The van der Waals surface area contributed by atoms with E-state index in [0.717, 1.165) is 0 Å². The minimum Gasteiger partial charge on any atom is -0.481 e. The van der Waals surface area contributed by atoms with Crippen molar-refractivity contribution < 1.29 is 29.3 Å². The van der Waals surface area contributed by atoms with Crippen molar-refractivity contribution in [1.82, 2.24) is 0 Å². The number of carbonyl (C=O) groups excluding carboxylic acids is 1. The molecule has 98 valence electrons. The zero-order valence-corrected chi connectivity index (χ0v) is 9.68. The fourth-order valence-electron chi connectivity index (χ4n) is 1.18. The normalized spacial score (nSPS) is 9.88. The molecule has 17 heavy (non-hydrogen) atoms. The van der Waals surface area contributed by atoms with Crippen molar-refractivity contribution in [2.45, 2.75) is 44.9 Å². The second kappa shape index (κ2) is 9.62. The van der Waals surface area contributed by atoms with Crippen LogP contribution in [0.1, 0.15) is 44.9 Å². The number of ether oxygens (including phenoxy) is 1. The molecular weight excluding hydrogens is 228 g/mol. The Labute approximate surface area is 99.6 Å². The first-order valence-corrected chi connectivity index (χ1v) is 5.61. The maximum Gasteiger partial charge on any atom is 0.305 e. The van der Waals surface area contributed by atoms with Crippen molar-refractivity contribution in [3.63, 3.8) is 0 Å². The van der Waals surface area contributed by atoms with E-state index in [4.69, 9.17) is 14.9 Å². The maximum absolute atomic E-state index is 11.1. The molecule has 0 bridgehead atoms. The maximum atomic E-state index is 11.1. The molecule has 0 rings (SSSR count). The SMILES string of the molecule is O=C(O)CCCCOC(=O)CCCCC(=O)O. The quantitative estimate of drug-likeness (QED) is 0.446. The first-order valence-electron chi connectivity index (χ1n) is 5.61. The number of esters is 1. The number of aliphatic carboxylic acids is 2. The van der Waals surface area contributed by atoms with E-state index in [1.54, 1.807) is 0 Å². The Bertz CT molecular complexity index is 261. The van der Waals surface area contributed by atoms with Crippen molar-refractivity contribution in [2.24, 2.45) is 0 Å². The smallest absolute Gasteiger partial charge is 0.305 e. The number of carboxylic acids is 2. The fourth-order valence-corrected chi connectivity index (χ4v) is 1.18. The Hall–Kier alpha value is -1.59. The number of rotatable bonds is 10. The van der Waals surface area contributed by atoms with Gasteiger partial charge in [0.25, 0.3) is 0 Å². The third-order valence-corrected chi connectivity index (χ3v) is 2.07. The standard InChI is InChI=1S/C11H18O6/c12-9(13)5-1-2-7-11(16)17-8-4-3-6-10(14)15/h1-8H2,(H,12,13)(H,14,15). The van der Waals surface area contributed by atoms with Crippen LogP contribution in [0.3, 0.4) is 0 Å². The van der Waals surface area contributed by atoms with Crippen molar-refractivity contribution in [1.29, 1.82) is 0 Å². The van der Waals surface area contributed by atoms with Crippen LogP contribution < -0.4 is 0 Å². The van der Waals surface area contributed by atoms with E-state index in [1.807, 2.05) is 0 Å². The van der Waals surface area contributed by atoms with Gasteiger partial charge in [-0.3, -0.25) is 14.4 Å². The molecule has 0 aliphatic heterocycles. The molecule has 0 aromatic carbocycles. The van der Waals surface area contributed by atoms with E-state index in [1.165, 1.54) is 0 Å². The number of unbranched alkanes of at least 4 members (excludes halogenated alkanes) is 2. The number of hydrogen-bond donors (Lipinski definition) is 2. The topological polar surface area (TPSA) is 101 Å². The molecule has 0 radical (unpaired) electrons. The highest BCUT2D eigenvalue weighted by molar-refractivity contribution is 5.69. The summed E-state index contributed by atoms with van der Waals surface area (Å²) in [5.41, 5.74) is 0. The molecule has 0 unspecified atom stereocenters. The summed E-state index contributed by atoms with van der Waals surface area (Å²) < 4.78 is 4.85. The highest BCUT2D eigenvalue weighted by Gasteiger charge is 2.04. The molecule has 0 aliphatic carbocycles. The van der Waals surface area contributed by atoms with Gasteiger partial charge in [0.15, 0.2) is 0 Å². The van der Waals surface area contributed by atoms with Gasteiger partial charge >= 0.3 is 17.9 Å². The third-order valence-electron chi connectivity index (χ3n) is 2.07. The predicted molar refractivity (Wildman–Crippen MR) is 58.5 cm³/mol. The Morgan fingerprint density at radius 1 is 0.765 bits per heavy atom. The summed E-state index contributed by atoms with van der Waals surface area (Å²) >= 11 is 0.